The number of nitrogens with zero attached hydrogens (tertiary/aromatic N) is 2. The Morgan fingerprint density at radius 3 is 2.86 bits per heavy atom. The quantitative estimate of drug-likeness (QED) is 0.789. The molecule has 0 radical (unpaired) electrons. The van der Waals surface area contributed by atoms with Crippen LogP contribution in [0.1, 0.15) is 17.3 Å². The monoisotopic (exact) mass is 292 g/mol. The molecule has 0 aliphatic carbocycles. The molecule has 14 heavy (non-hydrogen) atoms. The fraction of sp³-hybridized carbons (Fsp3) is 0.250. The van der Waals surface area contributed by atoms with Crippen LogP contribution in [-0.4, -0.2) is 10.2 Å². The summed E-state index contributed by atoms with van der Waals surface area (Å²) in [7, 11) is 0. The lowest BCUT2D eigenvalue weighted by molar-refractivity contribution is 0.542. The van der Waals surface area contributed by atoms with Gasteiger partial charge in [-0.25, -0.2) is 0 Å². The van der Waals surface area contributed by atoms with Gasteiger partial charge in [0.2, 0.25) is 0 Å². The summed E-state index contributed by atoms with van der Waals surface area (Å²) in [4.78, 5) is 0. The maximum absolute atomic E-state index is 5.89. The molecule has 0 fully saturated rings. The SMILES string of the molecule is CC(Cl)c1nnc(-c2ccoc2Br)s1. The van der Waals surface area contributed by atoms with Gasteiger partial charge in [0.1, 0.15) is 5.01 Å². The van der Waals surface area contributed by atoms with Crippen molar-refractivity contribution in [3.63, 3.8) is 0 Å². The van der Waals surface area contributed by atoms with Crippen LogP contribution in [0.5, 0.6) is 0 Å². The number of hydrogen-bond acceptors (Lipinski definition) is 4. The lowest BCUT2D eigenvalue weighted by atomic mass is 10.4. The normalized spacial score (nSPS) is 13.1. The molecule has 0 saturated carbocycles. The Balaban J connectivity index is 2.39. The van der Waals surface area contributed by atoms with E-state index < -0.39 is 0 Å². The van der Waals surface area contributed by atoms with Gasteiger partial charge in [-0.15, -0.1) is 21.8 Å². The van der Waals surface area contributed by atoms with E-state index in [2.05, 4.69) is 26.1 Å². The third kappa shape index (κ3) is 1.85. The van der Waals surface area contributed by atoms with Crippen molar-refractivity contribution < 1.29 is 4.42 Å². The zero-order valence-corrected chi connectivity index (χ0v) is 10.4. The Kier molecular flexibility index (Phi) is 2.90. The minimum atomic E-state index is -0.105. The molecule has 6 heteroatoms. The molecule has 2 aromatic heterocycles. The van der Waals surface area contributed by atoms with E-state index in [9.17, 15) is 0 Å². The highest BCUT2D eigenvalue weighted by molar-refractivity contribution is 9.10. The molecule has 1 unspecified atom stereocenters. The second kappa shape index (κ2) is 4.00. The second-order valence-corrected chi connectivity index (χ2v) is 5.05. The molecule has 0 bridgehead atoms. The number of hydrogen-bond donors (Lipinski definition) is 0. The molecule has 3 nitrogen and oxygen atoms in total. The number of alkyl halides is 1. The van der Waals surface area contributed by atoms with Gasteiger partial charge >= 0.3 is 0 Å². The Labute approximate surface area is 98.2 Å². The zero-order chi connectivity index (χ0) is 10.1. The van der Waals surface area contributed by atoms with Crippen molar-refractivity contribution in [1.29, 1.82) is 0 Å². The number of halogens is 2. The Morgan fingerprint density at radius 2 is 2.36 bits per heavy atom. The van der Waals surface area contributed by atoms with Gasteiger partial charge < -0.3 is 4.42 Å². The van der Waals surface area contributed by atoms with Crippen LogP contribution in [0.15, 0.2) is 21.4 Å². The molecule has 0 amide bonds. The van der Waals surface area contributed by atoms with Gasteiger partial charge in [-0.1, -0.05) is 11.3 Å². The van der Waals surface area contributed by atoms with Gasteiger partial charge in [-0.2, -0.15) is 0 Å². The van der Waals surface area contributed by atoms with Crippen LogP contribution < -0.4 is 0 Å². The molecule has 0 aliphatic heterocycles. The molecular weight excluding hydrogens is 288 g/mol. The van der Waals surface area contributed by atoms with Gasteiger partial charge in [0.15, 0.2) is 9.68 Å². The first-order valence-electron chi connectivity index (χ1n) is 3.89. The van der Waals surface area contributed by atoms with Crippen molar-refractivity contribution in [3.8, 4) is 10.6 Å². The molecule has 0 aliphatic rings. The molecule has 74 valence electrons. The molecule has 2 heterocycles. The van der Waals surface area contributed by atoms with Gasteiger partial charge in [0, 0.05) is 0 Å². The molecule has 1 atom stereocenters. The van der Waals surface area contributed by atoms with Crippen molar-refractivity contribution in [2.24, 2.45) is 0 Å². The minimum Gasteiger partial charge on any atom is -0.457 e. The molecular formula is C8H6BrClN2OS. The maximum Gasteiger partial charge on any atom is 0.179 e. The summed E-state index contributed by atoms with van der Waals surface area (Å²) in [6, 6.07) is 1.84. The van der Waals surface area contributed by atoms with Crippen LogP contribution >= 0.6 is 38.9 Å². The van der Waals surface area contributed by atoms with Gasteiger partial charge in [0.25, 0.3) is 0 Å². The molecule has 0 aromatic carbocycles. The largest absolute Gasteiger partial charge is 0.457 e. The molecule has 2 aromatic rings. The Hall–Kier alpha value is -0.390. The van der Waals surface area contributed by atoms with Gasteiger partial charge in [-0.05, 0) is 28.9 Å². The highest BCUT2D eigenvalue weighted by atomic mass is 79.9. The number of aromatic nitrogens is 2. The van der Waals surface area contributed by atoms with Crippen LogP contribution in [0.3, 0.4) is 0 Å². The van der Waals surface area contributed by atoms with E-state index in [0.29, 0.717) is 4.67 Å². The summed E-state index contributed by atoms with van der Waals surface area (Å²) in [5, 5.41) is 9.54. The standard InChI is InChI=1S/C8H6BrClN2OS/c1-4(10)7-11-12-8(14-7)5-2-3-13-6(5)9/h2-4H,1H3. The van der Waals surface area contributed by atoms with E-state index in [0.717, 1.165) is 15.6 Å². The number of rotatable bonds is 2. The van der Waals surface area contributed by atoms with E-state index in [-0.39, 0.29) is 5.38 Å². The Bertz CT molecular complexity index is 440. The lowest BCUT2D eigenvalue weighted by Gasteiger charge is -1.91. The van der Waals surface area contributed by atoms with E-state index in [1.54, 1.807) is 6.26 Å². The van der Waals surface area contributed by atoms with Crippen molar-refractivity contribution >= 4 is 38.9 Å². The summed E-state index contributed by atoms with van der Waals surface area (Å²) < 4.78 is 5.78. The molecule has 0 spiro atoms. The van der Waals surface area contributed by atoms with E-state index in [1.807, 2.05) is 13.0 Å². The first-order chi connectivity index (χ1) is 6.68. The van der Waals surface area contributed by atoms with Crippen LogP contribution in [0.4, 0.5) is 0 Å². The smallest absolute Gasteiger partial charge is 0.179 e. The third-order valence-corrected chi connectivity index (χ3v) is 3.72. The third-order valence-electron chi connectivity index (χ3n) is 1.63. The van der Waals surface area contributed by atoms with Crippen molar-refractivity contribution in [1.82, 2.24) is 10.2 Å². The zero-order valence-electron chi connectivity index (χ0n) is 7.20. The molecule has 0 saturated heterocycles. The van der Waals surface area contributed by atoms with Crippen LogP contribution in [0, 0.1) is 0 Å². The average Bonchev–Trinajstić information content (AvgIpc) is 2.71. The Morgan fingerprint density at radius 1 is 1.57 bits per heavy atom. The fourth-order valence-corrected chi connectivity index (χ4v) is 2.48. The van der Waals surface area contributed by atoms with Crippen molar-refractivity contribution in [2.75, 3.05) is 0 Å². The van der Waals surface area contributed by atoms with Crippen molar-refractivity contribution in [3.05, 3.63) is 22.0 Å². The average molecular weight is 294 g/mol. The molecule has 0 N–H and O–H groups in total. The van der Waals surface area contributed by atoms with Gasteiger partial charge in [-0.3, -0.25) is 0 Å². The highest BCUT2D eigenvalue weighted by Gasteiger charge is 2.14. The summed E-state index contributed by atoms with van der Waals surface area (Å²) in [6.07, 6.45) is 1.60. The maximum atomic E-state index is 5.89. The first-order valence-corrected chi connectivity index (χ1v) is 5.94. The minimum absolute atomic E-state index is 0.105. The predicted molar refractivity (Wildman–Crippen MR) is 59.6 cm³/mol. The van der Waals surface area contributed by atoms with E-state index >= 15 is 0 Å². The van der Waals surface area contributed by atoms with E-state index in [1.165, 1.54) is 11.3 Å². The van der Waals surface area contributed by atoms with Crippen molar-refractivity contribution in [2.45, 2.75) is 12.3 Å². The first kappa shape index (κ1) is 10.1. The number of furan rings is 1. The van der Waals surface area contributed by atoms with Crippen LogP contribution in [-0.2, 0) is 0 Å². The molecule has 2 rings (SSSR count). The summed E-state index contributed by atoms with van der Waals surface area (Å²) >= 11 is 10.6. The van der Waals surface area contributed by atoms with Crippen LogP contribution in [0.25, 0.3) is 10.6 Å². The lowest BCUT2D eigenvalue weighted by Crippen LogP contribution is -1.80. The summed E-state index contributed by atoms with van der Waals surface area (Å²) in [5.41, 5.74) is 0.908. The van der Waals surface area contributed by atoms with Gasteiger partial charge in [0.05, 0.1) is 17.2 Å². The van der Waals surface area contributed by atoms with E-state index in [4.69, 9.17) is 16.0 Å². The van der Waals surface area contributed by atoms with Crippen LogP contribution in [0.2, 0.25) is 0 Å². The fourth-order valence-electron chi connectivity index (χ4n) is 0.950. The second-order valence-electron chi connectivity index (χ2n) is 2.67. The summed E-state index contributed by atoms with van der Waals surface area (Å²) in [5.74, 6) is 0. The topological polar surface area (TPSA) is 38.9 Å². The highest BCUT2D eigenvalue weighted by Crippen LogP contribution is 2.33. The summed E-state index contributed by atoms with van der Waals surface area (Å²) in [6.45, 7) is 1.87. The predicted octanol–water partition coefficient (Wildman–Crippen LogP) is 3.86.